The number of aromatic amines is 1. The maximum absolute atomic E-state index is 12.3. The van der Waals surface area contributed by atoms with E-state index in [0.29, 0.717) is 24.2 Å². The summed E-state index contributed by atoms with van der Waals surface area (Å²) in [6, 6.07) is 7.92. The molecule has 0 fully saturated rings. The van der Waals surface area contributed by atoms with Crippen LogP contribution in [0.2, 0.25) is 0 Å². The molecule has 7 heteroatoms. The third kappa shape index (κ3) is 3.93. The fourth-order valence-electron chi connectivity index (χ4n) is 2.54. The van der Waals surface area contributed by atoms with Crippen molar-refractivity contribution < 1.29 is 9.21 Å². The lowest BCUT2D eigenvalue weighted by molar-refractivity contribution is -0.127. The highest BCUT2D eigenvalue weighted by Crippen LogP contribution is 2.29. The Labute approximate surface area is 150 Å². The number of fused-ring (bicyclic) bond motifs is 1. The number of thioether (sulfide) groups is 1. The van der Waals surface area contributed by atoms with Crippen molar-refractivity contribution in [2.45, 2.75) is 19.1 Å². The zero-order valence-corrected chi connectivity index (χ0v) is 15.1. The first-order valence-electron chi connectivity index (χ1n) is 8.03. The van der Waals surface area contributed by atoms with Gasteiger partial charge in [0.25, 0.3) is 11.1 Å². The molecule has 0 spiro atoms. The third-order valence-corrected chi connectivity index (χ3v) is 4.54. The Morgan fingerprint density at radius 1 is 1.36 bits per heavy atom. The van der Waals surface area contributed by atoms with Crippen molar-refractivity contribution in [2.75, 3.05) is 18.8 Å². The van der Waals surface area contributed by atoms with E-state index in [1.54, 1.807) is 4.90 Å². The summed E-state index contributed by atoms with van der Waals surface area (Å²) in [6.07, 6.45) is 1.85. The van der Waals surface area contributed by atoms with Crippen LogP contribution >= 0.6 is 11.8 Å². The molecule has 1 amide bonds. The molecule has 2 aromatic heterocycles. The number of amides is 1. The Bertz CT molecular complexity index is 899. The van der Waals surface area contributed by atoms with E-state index in [1.807, 2.05) is 44.3 Å². The molecule has 0 aliphatic carbocycles. The van der Waals surface area contributed by atoms with Gasteiger partial charge in [0.1, 0.15) is 0 Å². The van der Waals surface area contributed by atoms with Gasteiger partial charge in [0.15, 0.2) is 0 Å². The summed E-state index contributed by atoms with van der Waals surface area (Å²) in [6.45, 7) is 8.94. The fraction of sp³-hybridized carbons (Fsp3) is 0.278. The molecule has 0 bridgehead atoms. The van der Waals surface area contributed by atoms with Crippen LogP contribution in [0.4, 0.5) is 0 Å². The summed E-state index contributed by atoms with van der Waals surface area (Å²) >= 11 is 1.25. The summed E-state index contributed by atoms with van der Waals surface area (Å²) < 4.78 is 5.71. The Morgan fingerprint density at radius 2 is 2.16 bits per heavy atom. The van der Waals surface area contributed by atoms with Crippen molar-refractivity contribution in [1.82, 2.24) is 20.1 Å². The molecule has 2 heterocycles. The van der Waals surface area contributed by atoms with Crippen LogP contribution in [-0.2, 0) is 4.79 Å². The highest BCUT2D eigenvalue weighted by atomic mass is 32.2. The smallest absolute Gasteiger partial charge is 0.277 e. The van der Waals surface area contributed by atoms with Gasteiger partial charge < -0.3 is 14.3 Å². The number of aromatic nitrogens is 3. The maximum atomic E-state index is 12.3. The van der Waals surface area contributed by atoms with Gasteiger partial charge in [-0.05, 0) is 19.9 Å². The fourth-order valence-corrected chi connectivity index (χ4v) is 3.21. The van der Waals surface area contributed by atoms with Crippen LogP contribution < -0.4 is 0 Å². The minimum absolute atomic E-state index is 0.0299. The SMILES string of the molecule is C=C(C)CN(CC)C(=O)CSc1nnc(-c2c[nH]c3ccccc23)o1. The normalized spacial score (nSPS) is 11.0. The molecular weight excluding hydrogens is 336 g/mol. The summed E-state index contributed by atoms with van der Waals surface area (Å²) in [5, 5.41) is 9.56. The van der Waals surface area contributed by atoms with Crippen molar-refractivity contribution in [2.24, 2.45) is 0 Å². The lowest BCUT2D eigenvalue weighted by Crippen LogP contribution is -2.33. The Hall–Kier alpha value is -2.54. The molecule has 0 aliphatic heterocycles. The molecule has 3 rings (SSSR count). The van der Waals surface area contributed by atoms with Gasteiger partial charge >= 0.3 is 0 Å². The van der Waals surface area contributed by atoms with Gasteiger partial charge in [0.2, 0.25) is 5.91 Å². The lowest BCUT2D eigenvalue weighted by Gasteiger charge is -2.20. The molecule has 130 valence electrons. The van der Waals surface area contributed by atoms with Crippen molar-refractivity contribution >= 4 is 28.6 Å². The quantitative estimate of drug-likeness (QED) is 0.516. The molecule has 0 atom stereocenters. The number of carbonyl (C=O) groups excluding carboxylic acids is 1. The van der Waals surface area contributed by atoms with E-state index in [9.17, 15) is 4.79 Å². The lowest BCUT2D eigenvalue weighted by atomic mass is 10.2. The maximum Gasteiger partial charge on any atom is 0.277 e. The average molecular weight is 356 g/mol. The van der Waals surface area contributed by atoms with E-state index in [0.717, 1.165) is 22.0 Å². The first-order valence-corrected chi connectivity index (χ1v) is 9.02. The first-order chi connectivity index (χ1) is 12.1. The molecule has 3 aromatic rings. The van der Waals surface area contributed by atoms with Gasteiger partial charge in [-0.25, -0.2) is 0 Å². The van der Waals surface area contributed by atoms with E-state index in [1.165, 1.54) is 11.8 Å². The van der Waals surface area contributed by atoms with E-state index in [2.05, 4.69) is 21.8 Å². The monoisotopic (exact) mass is 356 g/mol. The molecule has 1 N–H and O–H groups in total. The van der Waals surface area contributed by atoms with E-state index >= 15 is 0 Å². The summed E-state index contributed by atoms with van der Waals surface area (Å²) in [7, 11) is 0. The number of para-hydroxylation sites is 1. The van der Waals surface area contributed by atoms with Gasteiger partial charge in [-0.2, -0.15) is 0 Å². The molecule has 0 aliphatic rings. The van der Waals surface area contributed by atoms with Gasteiger partial charge in [0.05, 0.1) is 11.3 Å². The predicted octanol–water partition coefficient (Wildman–Crippen LogP) is 3.73. The molecule has 0 saturated carbocycles. The molecular formula is C18H20N4O2S. The summed E-state index contributed by atoms with van der Waals surface area (Å²) in [5.41, 5.74) is 2.83. The summed E-state index contributed by atoms with van der Waals surface area (Å²) in [4.78, 5) is 17.2. The van der Waals surface area contributed by atoms with Crippen LogP contribution in [-0.4, -0.2) is 44.8 Å². The zero-order chi connectivity index (χ0) is 17.8. The predicted molar refractivity (Wildman–Crippen MR) is 99.4 cm³/mol. The number of nitrogens with zero attached hydrogens (tertiary/aromatic N) is 3. The van der Waals surface area contributed by atoms with E-state index < -0.39 is 0 Å². The highest BCUT2D eigenvalue weighted by Gasteiger charge is 2.16. The van der Waals surface area contributed by atoms with Crippen LogP contribution in [0.5, 0.6) is 0 Å². The first kappa shape index (κ1) is 17.3. The Balaban J connectivity index is 1.68. The zero-order valence-electron chi connectivity index (χ0n) is 14.3. The second-order valence-corrected chi connectivity index (χ2v) is 6.70. The van der Waals surface area contributed by atoms with Gasteiger partial charge in [-0.15, -0.1) is 10.2 Å². The number of nitrogens with one attached hydrogen (secondary N) is 1. The van der Waals surface area contributed by atoms with Crippen molar-refractivity contribution in [3.8, 4) is 11.5 Å². The van der Waals surface area contributed by atoms with Crippen molar-refractivity contribution in [3.63, 3.8) is 0 Å². The molecule has 0 saturated heterocycles. The molecule has 0 unspecified atom stereocenters. The number of H-pyrrole nitrogens is 1. The van der Waals surface area contributed by atoms with Crippen LogP contribution in [0.25, 0.3) is 22.4 Å². The minimum Gasteiger partial charge on any atom is -0.411 e. The Kier molecular flexibility index (Phi) is 5.23. The largest absolute Gasteiger partial charge is 0.411 e. The average Bonchev–Trinajstić information content (AvgIpc) is 3.23. The molecule has 6 nitrogen and oxygen atoms in total. The standard InChI is InChI=1S/C18H20N4O2S/c1-4-22(10-12(2)3)16(23)11-25-18-21-20-17(24-18)14-9-19-15-8-6-5-7-13(14)15/h5-9,19H,2,4,10-11H2,1,3H3. The second-order valence-electron chi connectivity index (χ2n) is 5.77. The van der Waals surface area contributed by atoms with Crippen molar-refractivity contribution in [3.05, 3.63) is 42.6 Å². The number of rotatable bonds is 7. The van der Waals surface area contributed by atoms with Crippen molar-refractivity contribution in [1.29, 1.82) is 0 Å². The van der Waals surface area contributed by atoms with Crippen LogP contribution in [0, 0.1) is 0 Å². The molecule has 25 heavy (non-hydrogen) atoms. The summed E-state index contributed by atoms with van der Waals surface area (Å²) in [5.74, 6) is 0.737. The molecule has 1 aromatic carbocycles. The van der Waals surface area contributed by atoms with Crippen LogP contribution in [0.3, 0.4) is 0 Å². The van der Waals surface area contributed by atoms with Crippen LogP contribution in [0.1, 0.15) is 13.8 Å². The molecule has 0 radical (unpaired) electrons. The van der Waals surface area contributed by atoms with Gasteiger partial charge in [0, 0.05) is 30.2 Å². The third-order valence-electron chi connectivity index (χ3n) is 3.74. The number of likely N-dealkylation sites (N-methyl/N-ethyl adjacent to an activating group) is 1. The van der Waals surface area contributed by atoms with Gasteiger partial charge in [-0.3, -0.25) is 4.79 Å². The van der Waals surface area contributed by atoms with Crippen LogP contribution in [0.15, 0.2) is 52.3 Å². The highest BCUT2D eigenvalue weighted by molar-refractivity contribution is 7.99. The second kappa shape index (κ2) is 7.57. The minimum atomic E-state index is 0.0299. The number of hydrogen-bond acceptors (Lipinski definition) is 5. The Morgan fingerprint density at radius 3 is 2.92 bits per heavy atom. The number of carbonyl (C=O) groups is 1. The van der Waals surface area contributed by atoms with Gasteiger partial charge in [-0.1, -0.05) is 42.1 Å². The number of hydrogen-bond donors (Lipinski definition) is 1. The van der Waals surface area contributed by atoms with E-state index in [-0.39, 0.29) is 11.7 Å². The number of benzene rings is 1. The topological polar surface area (TPSA) is 75.0 Å². The van der Waals surface area contributed by atoms with E-state index in [4.69, 9.17) is 4.42 Å².